The molecule has 1 N–H and O–H groups in total. The first-order valence-electron chi connectivity index (χ1n) is 19.4. The predicted molar refractivity (Wildman–Crippen MR) is 215 cm³/mol. The van der Waals surface area contributed by atoms with Crippen LogP contribution in [0.2, 0.25) is 0 Å². The number of benzene rings is 5. The summed E-state index contributed by atoms with van der Waals surface area (Å²) >= 11 is 0. The Balaban J connectivity index is 1.25. The topological polar surface area (TPSA) is 123 Å². The van der Waals surface area contributed by atoms with Gasteiger partial charge in [-0.2, -0.15) is 0 Å². The fraction of sp³-hybridized carbons (Fsp3) is 0.277. The molecule has 57 heavy (non-hydrogen) atoms. The zero-order valence-corrected chi connectivity index (χ0v) is 32.2. The standard InChI is InChI=1S/C47H48N2O8/c1-3-28-48(30-33-20-24-38(25-21-33)56-36-16-10-6-11-17-36)44(50)40-41(43(42(40)46(52)53)47(54)55-32-35-14-8-5-9-15-35)45(51)49(29-4-2)31-34-22-26-39(27-23-34)57-37-18-12-7-13-19-37/h5-27,40-43H,3-4,28-32H2,1-2H3,(H,52,53). The second-order valence-corrected chi connectivity index (χ2v) is 14.2. The number of ether oxygens (including phenoxy) is 3. The molecule has 0 spiro atoms. The molecule has 4 unspecified atom stereocenters. The maximum Gasteiger partial charge on any atom is 0.311 e. The van der Waals surface area contributed by atoms with Crippen LogP contribution in [0.3, 0.4) is 0 Å². The van der Waals surface area contributed by atoms with Gasteiger partial charge >= 0.3 is 11.9 Å². The molecule has 5 aromatic rings. The smallest absolute Gasteiger partial charge is 0.311 e. The van der Waals surface area contributed by atoms with E-state index in [9.17, 15) is 24.3 Å². The molecule has 294 valence electrons. The minimum absolute atomic E-state index is 0.0932. The molecule has 0 radical (unpaired) electrons. The van der Waals surface area contributed by atoms with Crippen molar-refractivity contribution in [2.24, 2.45) is 23.7 Å². The Morgan fingerprint density at radius 3 is 1.28 bits per heavy atom. The van der Waals surface area contributed by atoms with Gasteiger partial charge in [0.2, 0.25) is 11.8 Å². The van der Waals surface area contributed by atoms with E-state index in [-0.39, 0.29) is 19.7 Å². The largest absolute Gasteiger partial charge is 0.481 e. The number of hydrogen-bond donors (Lipinski definition) is 1. The molecule has 10 heteroatoms. The lowest BCUT2D eigenvalue weighted by Gasteiger charge is -2.49. The van der Waals surface area contributed by atoms with Crippen molar-refractivity contribution in [2.45, 2.75) is 46.4 Å². The van der Waals surface area contributed by atoms with Crippen molar-refractivity contribution < 1.29 is 38.5 Å². The van der Waals surface area contributed by atoms with Gasteiger partial charge in [0.25, 0.3) is 0 Å². The molecule has 0 heterocycles. The molecule has 5 aromatic carbocycles. The fourth-order valence-electron chi connectivity index (χ4n) is 7.30. The molecule has 0 saturated heterocycles. The molecule has 1 saturated carbocycles. The molecule has 0 aliphatic heterocycles. The van der Waals surface area contributed by atoms with Crippen LogP contribution in [0, 0.1) is 23.7 Å². The Kier molecular flexibility index (Phi) is 13.7. The Morgan fingerprint density at radius 1 is 0.491 bits per heavy atom. The molecule has 0 bridgehead atoms. The molecule has 0 aromatic heterocycles. The molecule has 1 aliphatic rings. The maximum absolute atomic E-state index is 14.7. The number of para-hydroxylation sites is 2. The average molecular weight is 769 g/mol. The number of carbonyl (C=O) groups excluding carboxylic acids is 3. The molecule has 1 fully saturated rings. The van der Waals surface area contributed by atoms with Crippen LogP contribution in [0.25, 0.3) is 0 Å². The Labute approximate surface area is 333 Å². The summed E-state index contributed by atoms with van der Waals surface area (Å²) in [7, 11) is 0. The quantitative estimate of drug-likeness (QED) is 0.0879. The van der Waals surface area contributed by atoms with Crippen LogP contribution in [0.1, 0.15) is 43.4 Å². The summed E-state index contributed by atoms with van der Waals surface area (Å²) < 4.78 is 17.6. The summed E-state index contributed by atoms with van der Waals surface area (Å²) in [6, 6.07) is 42.5. The van der Waals surface area contributed by atoms with Gasteiger partial charge in [0, 0.05) is 26.2 Å². The van der Waals surface area contributed by atoms with E-state index in [2.05, 4.69) is 0 Å². The highest BCUT2D eigenvalue weighted by atomic mass is 16.5. The van der Waals surface area contributed by atoms with Crippen molar-refractivity contribution in [2.75, 3.05) is 13.1 Å². The van der Waals surface area contributed by atoms with Gasteiger partial charge in [-0.1, -0.05) is 105 Å². The minimum Gasteiger partial charge on any atom is -0.481 e. The first-order chi connectivity index (χ1) is 27.7. The lowest BCUT2D eigenvalue weighted by Crippen LogP contribution is -2.64. The van der Waals surface area contributed by atoms with Crippen molar-refractivity contribution in [1.29, 1.82) is 0 Å². The number of esters is 1. The van der Waals surface area contributed by atoms with E-state index in [1.807, 2.05) is 141 Å². The van der Waals surface area contributed by atoms with Crippen molar-refractivity contribution in [3.05, 3.63) is 156 Å². The van der Waals surface area contributed by atoms with E-state index >= 15 is 0 Å². The van der Waals surface area contributed by atoms with Gasteiger partial charge in [-0.05, 0) is 78.1 Å². The lowest BCUT2D eigenvalue weighted by molar-refractivity contribution is -0.191. The van der Waals surface area contributed by atoms with E-state index in [4.69, 9.17) is 14.2 Å². The van der Waals surface area contributed by atoms with Crippen molar-refractivity contribution in [1.82, 2.24) is 9.80 Å². The Hall–Kier alpha value is -6.42. The van der Waals surface area contributed by atoms with Gasteiger partial charge in [-0.3, -0.25) is 19.2 Å². The van der Waals surface area contributed by atoms with Gasteiger partial charge in [-0.15, -0.1) is 0 Å². The third-order valence-corrected chi connectivity index (χ3v) is 10.1. The molecule has 6 rings (SSSR count). The average Bonchev–Trinajstić information content (AvgIpc) is 3.21. The van der Waals surface area contributed by atoms with Crippen LogP contribution in [-0.4, -0.2) is 51.7 Å². The summed E-state index contributed by atoms with van der Waals surface area (Å²) in [5.41, 5.74) is 2.33. The van der Waals surface area contributed by atoms with Crippen LogP contribution in [0.15, 0.2) is 140 Å². The predicted octanol–water partition coefficient (Wildman–Crippen LogP) is 8.76. The summed E-state index contributed by atoms with van der Waals surface area (Å²) in [5, 5.41) is 10.6. The number of carboxylic acids is 1. The number of carboxylic acid groups (broad SMARTS) is 1. The number of rotatable bonds is 18. The lowest BCUT2D eigenvalue weighted by atomic mass is 9.55. The number of carbonyl (C=O) groups is 4. The van der Waals surface area contributed by atoms with Crippen LogP contribution >= 0.6 is 0 Å². The normalized spacial score (nSPS) is 17.1. The third kappa shape index (κ3) is 10.3. The summed E-state index contributed by atoms with van der Waals surface area (Å²) in [5.74, 6) is -5.78. The van der Waals surface area contributed by atoms with E-state index in [0.29, 0.717) is 54.5 Å². The SMILES string of the molecule is CCCN(Cc1ccc(Oc2ccccc2)cc1)C(=O)C1C(C(=O)O)C(C(=O)OCc2ccccc2)C1C(=O)N(CCC)Cc1ccc(Oc2ccccc2)cc1. The van der Waals surface area contributed by atoms with Gasteiger partial charge in [0.15, 0.2) is 0 Å². The van der Waals surface area contributed by atoms with Gasteiger partial charge in [0.1, 0.15) is 29.6 Å². The fourth-order valence-corrected chi connectivity index (χ4v) is 7.30. The number of hydrogen-bond acceptors (Lipinski definition) is 7. The number of amides is 2. The first kappa shape index (κ1) is 40.2. The molecule has 2 amide bonds. The van der Waals surface area contributed by atoms with E-state index in [1.165, 1.54) is 0 Å². The van der Waals surface area contributed by atoms with Crippen LogP contribution in [0.5, 0.6) is 23.0 Å². The molecular formula is C47H48N2O8. The van der Waals surface area contributed by atoms with Crippen LogP contribution in [-0.2, 0) is 43.6 Å². The van der Waals surface area contributed by atoms with Crippen LogP contribution in [0.4, 0.5) is 0 Å². The van der Waals surface area contributed by atoms with Crippen molar-refractivity contribution in [3.63, 3.8) is 0 Å². The molecule has 4 atom stereocenters. The maximum atomic E-state index is 14.7. The zero-order valence-electron chi connectivity index (χ0n) is 32.2. The monoisotopic (exact) mass is 768 g/mol. The highest BCUT2D eigenvalue weighted by molar-refractivity contribution is 6.00. The second kappa shape index (κ2) is 19.4. The Bertz CT molecular complexity index is 2080. The van der Waals surface area contributed by atoms with E-state index < -0.39 is 47.4 Å². The first-order valence-corrected chi connectivity index (χ1v) is 19.4. The van der Waals surface area contributed by atoms with Gasteiger partial charge in [-0.25, -0.2) is 0 Å². The van der Waals surface area contributed by atoms with Gasteiger partial charge < -0.3 is 29.1 Å². The molecule has 1 aliphatic carbocycles. The number of aliphatic carboxylic acids is 1. The summed E-state index contributed by atoms with van der Waals surface area (Å²) in [4.78, 5) is 59.4. The number of nitrogens with zero attached hydrogens (tertiary/aromatic N) is 2. The van der Waals surface area contributed by atoms with Crippen molar-refractivity contribution >= 4 is 23.8 Å². The minimum atomic E-state index is -1.45. The van der Waals surface area contributed by atoms with Gasteiger partial charge in [0.05, 0.1) is 23.7 Å². The molecular weight excluding hydrogens is 721 g/mol. The summed E-state index contributed by atoms with van der Waals surface area (Å²) in [6.45, 7) is 4.80. The third-order valence-electron chi connectivity index (χ3n) is 10.1. The highest BCUT2D eigenvalue weighted by Gasteiger charge is 2.65. The Morgan fingerprint density at radius 2 is 0.877 bits per heavy atom. The van der Waals surface area contributed by atoms with E-state index in [0.717, 1.165) is 11.1 Å². The molecule has 10 nitrogen and oxygen atoms in total. The zero-order chi connectivity index (χ0) is 40.1. The highest BCUT2D eigenvalue weighted by Crippen LogP contribution is 2.49. The van der Waals surface area contributed by atoms with Crippen LogP contribution < -0.4 is 9.47 Å². The second-order valence-electron chi connectivity index (χ2n) is 14.2. The van der Waals surface area contributed by atoms with Crippen molar-refractivity contribution in [3.8, 4) is 23.0 Å². The summed E-state index contributed by atoms with van der Waals surface area (Å²) in [6.07, 6.45) is 1.20. The van der Waals surface area contributed by atoms with E-state index in [1.54, 1.807) is 21.9 Å².